The highest BCUT2D eigenvalue weighted by molar-refractivity contribution is 7.15. The molecule has 1 heterocycles. The van der Waals surface area contributed by atoms with E-state index in [4.69, 9.17) is 11.5 Å². The second-order valence-corrected chi connectivity index (χ2v) is 6.09. The van der Waals surface area contributed by atoms with Crippen LogP contribution in [0.5, 0.6) is 0 Å². The van der Waals surface area contributed by atoms with Gasteiger partial charge in [-0.2, -0.15) is 0 Å². The number of thiazole rings is 1. The first-order valence-corrected chi connectivity index (χ1v) is 7.50. The number of carbonyl (C=O) groups excluding carboxylic acids is 1. The van der Waals surface area contributed by atoms with Crippen molar-refractivity contribution in [2.45, 2.75) is 25.7 Å². The van der Waals surface area contributed by atoms with E-state index < -0.39 is 11.7 Å². The van der Waals surface area contributed by atoms with Crippen LogP contribution in [0.3, 0.4) is 0 Å². The number of amides is 1. The minimum Gasteiger partial charge on any atom is -0.398 e. The van der Waals surface area contributed by atoms with E-state index in [1.807, 2.05) is 0 Å². The summed E-state index contributed by atoms with van der Waals surface area (Å²) in [5.74, 6) is -1.22. The number of hydrogen-bond donors (Lipinski definition) is 3. The number of nitrogens with zero attached hydrogens (tertiary/aromatic N) is 1. The Kier molecular flexibility index (Phi) is 3.50. The summed E-state index contributed by atoms with van der Waals surface area (Å²) in [6, 6.07) is 2.42. The molecule has 0 aliphatic heterocycles. The van der Waals surface area contributed by atoms with Gasteiger partial charge in [0.2, 0.25) is 0 Å². The lowest BCUT2D eigenvalue weighted by molar-refractivity contribution is 0.100. The molecule has 110 valence electrons. The lowest BCUT2D eigenvalue weighted by Crippen LogP contribution is -2.14. The molecule has 1 aliphatic rings. The Bertz CT molecular complexity index is 690. The van der Waals surface area contributed by atoms with Gasteiger partial charge >= 0.3 is 0 Å². The van der Waals surface area contributed by atoms with E-state index in [-0.39, 0.29) is 16.9 Å². The lowest BCUT2D eigenvalue weighted by atomic mass is 10.0. The van der Waals surface area contributed by atoms with Crippen molar-refractivity contribution >= 4 is 33.8 Å². The van der Waals surface area contributed by atoms with Crippen molar-refractivity contribution in [2.24, 2.45) is 5.73 Å². The Labute approximate surface area is 125 Å². The van der Waals surface area contributed by atoms with Crippen molar-refractivity contribution in [1.29, 1.82) is 0 Å². The molecule has 0 atom stereocenters. The average Bonchev–Trinajstić information content (AvgIpc) is 2.83. The van der Waals surface area contributed by atoms with Gasteiger partial charge in [-0.25, -0.2) is 9.37 Å². The third-order valence-corrected chi connectivity index (χ3v) is 4.56. The number of fused-ring (bicyclic) bond motifs is 1. The zero-order valence-corrected chi connectivity index (χ0v) is 12.1. The van der Waals surface area contributed by atoms with Gasteiger partial charge in [0.05, 0.1) is 16.9 Å². The number of anilines is 3. The summed E-state index contributed by atoms with van der Waals surface area (Å²) in [6.45, 7) is 0. The van der Waals surface area contributed by atoms with Gasteiger partial charge in [0, 0.05) is 10.6 Å². The van der Waals surface area contributed by atoms with Gasteiger partial charge in [-0.1, -0.05) is 0 Å². The molecule has 1 aromatic heterocycles. The molecule has 1 aromatic carbocycles. The van der Waals surface area contributed by atoms with E-state index in [0.29, 0.717) is 5.13 Å². The Hall–Kier alpha value is -2.15. The van der Waals surface area contributed by atoms with E-state index in [1.54, 1.807) is 0 Å². The van der Waals surface area contributed by atoms with Crippen molar-refractivity contribution in [3.63, 3.8) is 0 Å². The monoisotopic (exact) mass is 306 g/mol. The number of carbonyl (C=O) groups is 1. The van der Waals surface area contributed by atoms with Gasteiger partial charge in [-0.05, 0) is 37.8 Å². The van der Waals surface area contributed by atoms with Crippen molar-refractivity contribution in [3.8, 4) is 0 Å². The van der Waals surface area contributed by atoms with Crippen LogP contribution in [0.15, 0.2) is 12.1 Å². The average molecular weight is 306 g/mol. The summed E-state index contributed by atoms with van der Waals surface area (Å²) in [7, 11) is 0. The van der Waals surface area contributed by atoms with Crippen LogP contribution in [-0.4, -0.2) is 10.9 Å². The summed E-state index contributed by atoms with van der Waals surface area (Å²) in [4.78, 5) is 17.0. The first kappa shape index (κ1) is 13.8. The molecule has 0 bridgehead atoms. The van der Waals surface area contributed by atoms with E-state index in [1.165, 1.54) is 22.3 Å². The Balaban J connectivity index is 1.92. The maximum absolute atomic E-state index is 13.9. The molecule has 5 N–H and O–H groups in total. The van der Waals surface area contributed by atoms with Crippen LogP contribution in [0.25, 0.3) is 0 Å². The molecular weight excluding hydrogens is 291 g/mol. The summed E-state index contributed by atoms with van der Waals surface area (Å²) in [6.07, 6.45) is 4.28. The molecule has 0 saturated heterocycles. The maximum Gasteiger partial charge on any atom is 0.250 e. The first-order chi connectivity index (χ1) is 10.0. The van der Waals surface area contributed by atoms with E-state index in [2.05, 4.69) is 10.3 Å². The van der Waals surface area contributed by atoms with Crippen LogP contribution in [-0.2, 0) is 12.8 Å². The highest BCUT2D eigenvalue weighted by Gasteiger charge is 2.17. The van der Waals surface area contributed by atoms with Crippen molar-refractivity contribution in [2.75, 3.05) is 11.1 Å². The van der Waals surface area contributed by atoms with Gasteiger partial charge in [-0.3, -0.25) is 4.79 Å². The van der Waals surface area contributed by atoms with Crippen LogP contribution >= 0.6 is 11.3 Å². The minimum absolute atomic E-state index is 0.0315. The number of hydrogen-bond acceptors (Lipinski definition) is 5. The van der Waals surface area contributed by atoms with Crippen molar-refractivity contribution in [1.82, 2.24) is 4.98 Å². The fourth-order valence-electron chi connectivity index (χ4n) is 2.42. The smallest absolute Gasteiger partial charge is 0.250 e. The number of primary amides is 1. The minimum atomic E-state index is -0.686. The SMILES string of the molecule is NC(=O)c1cc(Nc2nc3c(s2)CCCC3)c(F)cc1N. The summed E-state index contributed by atoms with van der Waals surface area (Å²) < 4.78 is 13.9. The molecular formula is C14H15FN4OS. The van der Waals surface area contributed by atoms with Gasteiger partial charge < -0.3 is 16.8 Å². The third-order valence-electron chi connectivity index (χ3n) is 3.49. The number of aromatic nitrogens is 1. The third kappa shape index (κ3) is 2.69. The molecule has 0 radical (unpaired) electrons. The Morgan fingerprint density at radius 3 is 2.81 bits per heavy atom. The van der Waals surface area contributed by atoms with Gasteiger partial charge in [0.25, 0.3) is 5.91 Å². The molecule has 2 aromatic rings. The molecule has 5 nitrogen and oxygen atoms in total. The van der Waals surface area contributed by atoms with Gasteiger partial charge in [0.1, 0.15) is 5.82 Å². The molecule has 0 saturated carbocycles. The number of rotatable bonds is 3. The number of nitrogens with one attached hydrogen (secondary N) is 1. The van der Waals surface area contributed by atoms with Gasteiger partial charge in [-0.15, -0.1) is 11.3 Å². The molecule has 7 heteroatoms. The highest BCUT2D eigenvalue weighted by Crippen LogP contribution is 2.32. The predicted octanol–water partition coefficient (Wildman–Crippen LogP) is 2.59. The summed E-state index contributed by atoms with van der Waals surface area (Å²) >= 11 is 1.52. The molecule has 21 heavy (non-hydrogen) atoms. The largest absolute Gasteiger partial charge is 0.398 e. The highest BCUT2D eigenvalue weighted by atomic mass is 32.1. The molecule has 1 amide bonds. The van der Waals surface area contributed by atoms with Gasteiger partial charge in [0.15, 0.2) is 5.13 Å². The Morgan fingerprint density at radius 2 is 2.10 bits per heavy atom. The molecule has 0 fully saturated rings. The number of nitrogens with two attached hydrogens (primary N) is 2. The maximum atomic E-state index is 13.9. The summed E-state index contributed by atoms with van der Waals surface area (Å²) in [5.41, 5.74) is 12.2. The molecule has 1 aliphatic carbocycles. The van der Waals surface area contributed by atoms with Crippen LogP contribution in [0.2, 0.25) is 0 Å². The molecule has 3 rings (SSSR count). The van der Waals surface area contributed by atoms with Crippen molar-refractivity contribution in [3.05, 3.63) is 34.1 Å². The number of aryl methyl sites for hydroxylation is 2. The number of nitrogen functional groups attached to an aromatic ring is 1. The summed E-state index contributed by atoms with van der Waals surface area (Å²) in [5, 5.41) is 3.55. The van der Waals surface area contributed by atoms with Crippen LogP contribution in [0.1, 0.15) is 33.8 Å². The van der Waals surface area contributed by atoms with E-state index in [9.17, 15) is 9.18 Å². The van der Waals surface area contributed by atoms with Crippen LogP contribution < -0.4 is 16.8 Å². The normalized spacial score (nSPS) is 13.8. The standard InChI is InChI=1S/C14H15FN4OS/c15-8-6-9(16)7(13(17)20)5-11(8)19-14-18-10-3-1-2-4-12(10)21-14/h5-6H,1-4,16H2,(H2,17,20)(H,18,19). The van der Waals surface area contributed by atoms with E-state index >= 15 is 0 Å². The Morgan fingerprint density at radius 1 is 1.33 bits per heavy atom. The second-order valence-electron chi connectivity index (χ2n) is 5.00. The predicted molar refractivity (Wildman–Crippen MR) is 81.4 cm³/mol. The number of halogens is 1. The lowest BCUT2D eigenvalue weighted by Gasteiger charge is -2.08. The van der Waals surface area contributed by atoms with Crippen LogP contribution in [0, 0.1) is 5.82 Å². The fourth-order valence-corrected chi connectivity index (χ4v) is 3.48. The number of benzene rings is 1. The fraction of sp³-hybridized carbons (Fsp3) is 0.286. The molecule has 0 unspecified atom stereocenters. The molecule has 0 spiro atoms. The van der Waals surface area contributed by atoms with E-state index in [0.717, 1.165) is 37.4 Å². The topological polar surface area (TPSA) is 94.0 Å². The second kappa shape index (κ2) is 5.33. The zero-order chi connectivity index (χ0) is 15.0. The first-order valence-electron chi connectivity index (χ1n) is 6.69. The zero-order valence-electron chi connectivity index (χ0n) is 11.3. The quantitative estimate of drug-likeness (QED) is 0.760. The van der Waals surface area contributed by atoms with Crippen molar-refractivity contribution < 1.29 is 9.18 Å². The van der Waals surface area contributed by atoms with Crippen LogP contribution in [0.4, 0.5) is 20.9 Å².